The van der Waals surface area contributed by atoms with Crippen LogP contribution in [-0.4, -0.2) is 34.3 Å². The third-order valence-corrected chi connectivity index (χ3v) is 2.74. The molecular weight excluding hydrogens is 176 g/mol. The van der Waals surface area contributed by atoms with E-state index < -0.39 is 0 Å². The Balaban J connectivity index is 2.09. The van der Waals surface area contributed by atoms with Crippen molar-refractivity contribution in [3.05, 3.63) is 17.5 Å². The Labute approximate surface area is 84.7 Å². The molecule has 0 saturated heterocycles. The van der Waals surface area contributed by atoms with E-state index in [2.05, 4.69) is 27.7 Å². The van der Waals surface area contributed by atoms with Crippen LogP contribution in [0.2, 0.25) is 0 Å². The molecule has 14 heavy (non-hydrogen) atoms. The first-order chi connectivity index (χ1) is 6.83. The van der Waals surface area contributed by atoms with Crippen LogP contribution in [0.1, 0.15) is 18.3 Å². The second-order valence-electron chi connectivity index (χ2n) is 3.77. The third kappa shape index (κ3) is 1.81. The molecule has 1 aliphatic heterocycles. The van der Waals surface area contributed by atoms with Crippen molar-refractivity contribution in [2.24, 2.45) is 5.73 Å². The maximum Gasteiger partial charge on any atom is 0.0625 e. The van der Waals surface area contributed by atoms with Crippen LogP contribution in [0.5, 0.6) is 0 Å². The van der Waals surface area contributed by atoms with Crippen LogP contribution in [-0.2, 0) is 19.5 Å². The van der Waals surface area contributed by atoms with Gasteiger partial charge in [0, 0.05) is 26.2 Å². The van der Waals surface area contributed by atoms with E-state index in [4.69, 9.17) is 5.73 Å². The molecule has 78 valence electrons. The standard InChI is InChI=1S/C10H18N4/c1-2-9-7-10-8-13(4-3-11)5-6-14(10)12-9/h7H,2-6,8,11H2,1H3. The molecule has 2 heterocycles. The Morgan fingerprint density at radius 1 is 1.50 bits per heavy atom. The Bertz CT molecular complexity index is 305. The fourth-order valence-electron chi connectivity index (χ4n) is 1.93. The number of rotatable bonds is 3. The summed E-state index contributed by atoms with van der Waals surface area (Å²) in [5.74, 6) is 0. The smallest absolute Gasteiger partial charge is 0.0625 e. The molecule has 1 aromatic rings. The molecule has 0 amide bonds. The van der Waals surface area contributed by atoms with Crippen molar-refractivity contribution in [1.29, 1.82) is 0 Å². The number of nitrogens with zero attached hydrogens (tertiary/aromatic N) is 3. The monoisotopic (exact) mass is 194 g/mol. The van der Waals surface area contributed by atoms with E-state index in [1.54, 1.807) is 0 Å². The number of aryl methyl sites for hydroxylation is 1. The molecule has 0 saturated carbocycles. The minimum absolute atomic E-state index is 0.745. The second-order valence-corrected chi connectivity index (χ2v) is 3.77. The van der Waals surface area contributed by atoms with Crippen molar-refractivity contribution in [2.45, 2.75) is 26.4 Å². The quantitative estimate of drug-likeness (QED) is 0.748. The summed E-state index contributed by atoms with van der Waals surface area (Å²) >= 11 is 0. The molecule has 0 bridgehead atoms. The summed E-state index contributed by atoms with van der Waals surface area (Å²) in [4.78, 5) is 2.39. The van der Waals surface area contributed by atoms with Crippen LogP contribution >= 0.6 is 0 Å². The molecule has 0 aliphatic carbocycles. The van der Waals surface area contributed by atoms with Gasteiger partial charge in [-0.05, 0) is 12.5 Å². The maximum atomic E-state index is 5.55. The number of hydrogen-bond acceptors (Lipinski definition) is 3. The van der Waals surface area contributed by atoms with Gasteiger partial charge in [-0.15, -0.1) is 0 Å². The Kier molecular flexibility index (Phi) is 2.84. The highest BCUT2D eigenvalue weighted by atomic mass is 15.3. The van der Waals surface area contributed by atoms with E-state index in [0.717, 1.165) is 39.1 Å². The highest BCUT2D eigenvalue weighted by molar-refractivity contribution is 5.11. The first-order valence-corrected chi connectivity index (χ1v) is 5.31. The van der Waals surface area contributed by atoms with Crippen molar-refractivity contribution in [1.82, 2.24) is 14.7 Å². The molecule has 0 radical (unpaired) electrons. The van der Waals surface area contributed by atoms with Crippen molar-refractivity contribution >= 4 is 0 Å². The molecular formula is C10H18N4. The lowest BCUT2D eigenvalue weighted by molar-refractivity contribution is 0.219. The highest BCUT2D eigenvalue weighted by Gasteiger charge is 2.16. The number of fused-ring (bicyclic) bond motifs is 1. The zero-order valence-electron chi connectivity index (χ0n) is 8.74. The van der Waals surface area contributed by atoms with Gasteiger partial charge in [0.05, 0.1) is 17.9 Å². The predicted octanol–water partition coefficient (Wildman–Crippen LogP) is 0.220. The number of nitrogens with two attached hydrogens (primary N) is 1. The van der Waals surface area contributed by atoms with Crippen molar-refractivity contribution < 1.29 is 0 Å². The normalized spacial score (nSPS) is 17.0. The minimum atomic E-state index is 0.745. The SMILES string of the molecule is CCc1cc2n(n1)CCN(CCN)C2. The first kappa shape index (κ1) is 9.68. The summed E-state index contributed by atoms with van der Waals surface area (Å²) in [6.45, 7) is 6.97. The Morgan fingerprint density at radius 3 is 3.07 bits per heavy atom. The summed E-state index contributed by atoms with van der Waals surface area (Å²) in [7, 11) is 0. The molecule has 1 aromatic heterocycles. The van der Waals surface area contributed by atoms with Crippen LogP contribution in [0, 0.1) is 0 Å². The minimum Gasteiger partial charge on any atom is -0.329 e. The first-order valence-electron chi connectivity index (χ1n) is 5.31. The second kappa shape index (κ2) is 4.11. The van der Waals surface area contributed by atoms with E-state index in [9.17, 15) is 0 Å². The van der Waals surface area contributed by atoms with Gasteiger partial charge in [0.2, 0.25) is 0 Å². The lowest BCUT2D eigenvalue weighted by atomic mass is 10.2. The molecule has 0 aromatic carbocycles. The van der Waals surface area contributed by atoms with Gasteiger partial charge < -0.3 is 5.73 Å². The van der Waals surface area contributed by atoms with Gasteiger partial charge in [-0.2, -0.15) is 5.10 Å². The fourth-order valence-corrected chi connectivity index (χ4v) is 1.93. The lowest BCUT2D eigenvalue weighted by Crippen LogP contribution is -2.36. The van der Waals surface area contributed by atoms with Crippen LogP contribution in [0.25, 0.3) is 0 Å². The van der Waals surface area contributed by atoms with Crippen LogP contribution in [0.3, 0.4) is 0 Å². The van der Waals surface area contributed by atoms with E-state index >= 15 is 0 Å². The summed E-state index contributed by atoms with van der Waals surface area (Å²) in [6.07, 6.45) is 1.02. The van der Waals surface area contributed by atoms with E-state index in [-0.39, 0.29) is 0 Å². The van der Waals surface area contributed by atoms with Crippen LogP contribution in [0.15, 0.2) is 6.07 Å². The Morgan fingerprint density at radius 2 is 2.36 bits per heavy atom. The molecule has 2 N–H and O–H groups in total. The largest absolute Gasteiger partial charge is 0.329 e. The predicted molar refractivity (Wildman–Crippen MR) is 55.9 cm³/mol. The van der Waals surface area contributed by atoms with Crippen molar-refractivity contribution in [3.8, 4) is 0 Å². The third-order valence-electron chi connectivity index (χ3n) is 2.74. The van der Waals surface area contributed by atoms with Gasteiger partial charge in [-0.3, -0.25) is 9.58 Å². The highest BCUT2D eigenvalue weighted by Crippen LogP contribution is 2.13. The molecule has 0 atom stereocenters. The van der Waals surface area contributed by atoms with Crippen LogP contribution in [0.4, 0.5) is 0 Å². The fraction of sp³-hybridized carbons (Fsp3) is 0.700. The van der Waals surface area contributed by atoms with Gasteiger partial charge in [0.1, 0.15) is 0 Å². The molecule has 0 unspecified atom stereocenters. The van der Waals surface area contributed by atoms with Gasteiger partial charge >= 0.3 is 0 Å². The summed E-state index contributed by atoms with van der Waals surface area (Å²) in [6, 6.07) is 2.21. The zero-order valence-corrected chi connectivity index (χ0v) is 8.74. The van der Waals surface area contributed by atoms with Crippen LogP contribution < -0.4 is 5.73 Å². The van der Waals surface area contributed by atoms with E-state index in [1.807, 2.05) is 0 Å². The molecule has 0 fully saturated rings. The molecule has 2 rings (SSSR count). The Hall–Kier alpha value is -0.870. The lowest BCUT2D eigenvalue weighted by Gasteiger charge is -2.26. The molecule has 4 nitrogen and oxygen atoms in total. The van der Waals surface area contributed by atoms with Gasteiger partial charge in [0.25, 0.3) is 0 Å². The average molecular weight is 194 g/mol. The number of hydrogen-bond donors (Lipinski definition) is 1. The maximum absolute atomic E-state index is 5.55. The van der Waals surface area contributed by atoms with E-state index in [0.29, 0.717) is 0 Å². The molecule has 4 heteroatoms. The zero-order chi connectivity index (χ0) is 9.97. The summed E-state index contributed by atoms with van der Waals surface area (Å²) in [5, 5.41) is 4.52. The average Bonchev–Trinajstić information content (AvgIpc) is 2.60. The van der Waals surface area contributed by atoms with Crippen molar-refractivity contribution in [2.75, 3.05) is 19.6 Å². The van der Waals surface area contributed by atoms with Crippen molar-refractivity contribution in [3.63, 3.8) is 0 Å². The van der Waals surface area contributed by atoms with Gasteiger partial charge in [-0.25, -0.2) is 0 Å². The number of aromatic nitrogens is 2. The van der Waals surface area contributed by atoms with Gasteiger partial charge in [0.15, 0.2) is 0 Å². The summed E-state index contributed by atoms with van der Waals surface area (Å²) in [5.41, 5.74) is 8.08. The summed E-state index contributed by atoms with van der Waals surface area (Å²) < 4.78 is 2.13. The van der Waals surface area contributed by atoms with E-state index in [1.165, 1.54) is 11.4 Å². The molecule has 1 aliphatic rings. The molecule has 0 spiro atoms. The topological polar surface area (TPSA) is 47.1 Å². The van der Waals surface area contributed by atoms with Gasteiger partial charge in [-0.1, -0.05) is 6.92 Å².